The third kappa shape index (κ3) is 2.57. The molecule has 18 heavy (non-hydrogen) atoms. The maximum atomic E-state index is 13.5. The van der Waals surface area contributed by atoms with E-state index in [9.17, 15) is 13.2 Å². The highest BCUT2D eigenvalue weighted by Crippen LogP contribution is 2.25. The van der Waals surface area contributed by atoms with Gasteiger partial charge in [0.1, 0.15) is 5.82 Å². The quantitative estimate of drug-likeness (QED) is 0.835. The molecule has 2 N–H and O–H groups in total. The van der Waals surface area contributed by atoms with Crippen LogP contribution in [-0.4, -0.2) is 0 Å². The molecule has 0 aliphatic rings. The van der Waals surface area contributed by atoms with Crippen LogP contribution in [0.25, 0.3) is 0 Å². The SMILES string of the molecule is NC(c1ccc(Br)cc1)c1cc(F)c(F)cc1F. The molecule has 2 rings (SSSR count). The highest BCUT2D eigenvalue weighted by molar-refractivity contribution is 9.10. The van der Waals surface area contributed by atoms with Gasteiger partial charge in [0.15, 0.2) is 11.6 Å². The minimum atomic E-state index is -1.22. The van der Waals surface area contributed by atoms with Crippen molar-refractivity contribution >= 4 is 15.9 Å². The Morgan fingerprint density at radius 3 is 2.06 bits per heavy atom. The number of halogens is 4. The summed E-state index contributed by atoms with van der Waals surface area (Å²) in [6.07, 6.45) is 0. The number of hydrogen-bond donors (Lipinski definition) is 1. The van der Waals surface area contributed by atoms with E-state index in [2.05, 4.69) is 15.9 Å². The third-order valence-electron chi connectivity index (χ3n) is 2.60. The molecule has 2 aromatic rings. The predicted molar refractivity (Wildman–Crippen MR) is 66.5 cm³/mol. The van der Waals surface area contributed by atoms with Gasteiger partial charge in [-0.25, -0.2) is 13.2 Å². The van der Waals surface area contributed by atoms with Crippen molar-refractivity contribution in [1.82, 2.24) is 0 Å². The first-order valence-electron chi connectivity index (χ1n) is 5.14. The van der Waals surface area contributed by atoms with Crippen LogP contribution < -0.4 is 5.73 Å². The first-order valence-corrected chi connectivity index (χ1v) is 5.94. The van der Waals surface area contributed by atoms with Gasteiger partial charge in [0.05, 0.1) is 6.04 Å². The van der Waals surface area contributed by atoms with Gasteiger partial charge in [-0.2, -0.15) is 0 Å². The molecular weight excluding hydrogens is 307 g/mol. The molecule has 1 nitrogen and oxygen atoms in total. The van der Waals surface area contributed by atoms with Crippen LogP contribution in [0.2, 0.25) is 0 Å². The van der Waals surface area contributed by atoms with E-state index in [1.54, 1.807) is 24.3 Å². The van der Waals surface area contributed by atoms with Crippen molar-refractivity contribution < 1.29 is 13.2 Å². The number of rotatable bonds is 2. The maximum Gasteiger partial charge on any atom is 0.161 e. The van der Waals surface area contributed by atoms with Gasteiger partial charge in [-0.1, -0.05) is 28.1 Å². The molecule has 0 bridgehead atoms. The summed E-state index contributed by atoms with van der Waals surface area (Å²) in [6, 6.07) is 7.32. The highest BCUT2D eigenvalue weighted by Gasteiger charge is 2.17. The van der Waals surface area contributed by atoms with Crippen LogP contribution in [0.15, 0.2) is 40.9 Å². The van der Waals surface area contributed by atoms with E-state index in [1.165, 1.54) is 0 Å². The van der Waals surface area contributed by atoms with Gasteiger partial charge in [0.25, 0.3) is 0 Å². The maximum absolute atomic E-state index is 13.5. The molecule has 0 saturated carbocycles. The fourth-order valence-corrected chi connectivity index (χ4v) is 1.89. The summed E-state index contributed by atoms with van der Waals surface area (Å²) in [5.74, 6) is -3.19. The highest BCUT2D eigenvalue weighted by atomic mass is 79.9. The molecule has 0 aliphatic heterocycles. The fraction of sp³-hybridized carbons (Fsp3) is 0.0769. The van der Waals surface area contributed by atoms with Crippen LogP contribution in [0.3, 0.4) is 0 Å². The summed E-state index contributed by atoms with van der Waals surface area (Å²) in [5.41, 5.74) is 6.38. The minimum Gasteiger partial charge on any atom is -0.320 e. The Morgan fingerprint density at radius 1 is 0.889 bits per heavy atom. The molecule has 1 unspecified atom stereocenters. The van der Waals surface area contributed by atoms with Crippen LogP contribution in [0, 0.1) is 17.5 Å². The Balaban J connectivity index is 2.42. The van der Waals surface area contributed by atoms with Gasteiger partial charge >= 0.3 is 0 Å². The summed E-state index contributed by atoms with van der Waals surface area (Å²) in [4.78, 5) is 0. The molecule has 0 spiro atoms. The average molecular weight is 316 g/mol. The zero-order valence-electron chi connectivity index (χ0n) is 9.13. The van der Waals surface area contributed by atoms with Crippen LogP contribution in [0.4, 0.5) is 13.2 Å². The van der Waals surface area contributed by atoms with Gasteiger partial charge in [-0.15, -0.1) is 0 Å². The van der Waals surface area contributed by atoms with E-state index in [0.29, 0.717) is 11.6 Å². The van der Waals surface area contributed by atoms with Crippen LogP contribution in [0.1, 0.15) is 17.2 Å². The van der Waals surface area contributed by atoms with E-state index in [1.807, 2.05) is 0 Å². The van der Waals surface area contributed by atoms with Crippen molar-refractivity contribution in [2.24, 2.45) is 5.73 Å². The summed E-state index contributed by atoms with van der Waals surface area (Å²) in [6.45, 7) is 0. The first-order chi connectivity index (χ1) is 8.49. The largest absolute Gasteiger partial charge is 0.320 e. The molecular formula is C13H9BrF3N. The molecule has 0 heterocycles. The Labute approximate surface area is 111 Å². The van der Waals surface area contributed by atoms with Crippen LogP contribution in [-0.2, 0) is 0 Å². The van der Waals surface area contributed by atoms with Crippen molar-refractivity contribution in [3.63, 3.8) is 0 Å². The molecule has 0 radical (unpaired) electrons. The Hall–Kier alpha value is -1.33. The second kappa shape index (κ2) is 5.12. The summed E-state index contributed by atoms with van der Waals surface area (Å²) < 4.78 is 40.3. The van der Waals surface area contributed by atoms with E-state index < -0.39 is 23.5 Å². The zero-order valence-corrected chi connectivity index (χ0v) is 10.7. The Kier molecular flexibility index (Phi) is 3.73. The fourth-order valence-electron chi connectivity index (χ4n) is 1.63. The molecule has 0 fully saturated rings. The smallest absolute Gasteiger partial charge is 0.161 e. The number of hydrogen-bond acceptors (Lipinski definition) is 1. The number of benzene rings is 2. The molecule has 2 aromatic carbocycles. The van der Waals surface area contributed by atoms with Crippen molar-refractivity contribution in [3.8, 4) is 0 Å². The predicted octanol–water partition coefficient (Wildman–Crippen LogP) is 3.91. The molecule has 0 aromatic heterocycles. The lowest BCUT2D eigenvalue weighted by Crippen LogP contribution is -2.14. The van der Waals surface area contributed by atoms with Crippen molar-refractivity contribution in [2.45, 2.75) is 6.04 Å². The average Bonchev–Trinajstić information content (AvgIpc) is 2.34. The van der Waals surface area contributed by atoms with Crippen molar-refractivity contribution in [2.75, 3.05) is 0 Å². The van der Waals surface area contributed by atoms with Gasteiger partial charge in [-0.05, 0) is 23.8 Å². The lowest BCUT2D eigenvalue weighted by molar-refractivity contribution is 0.487. The summed E-state index contributed by atoms with van der Waals surface area (Å²) >= 11 is 3.26. The molecule has 0 saturated heterocycles. The van der Waals surface area contributed by atoms with E-state index in [0.717, 1.165) is 10.5 Å². The molecule has 94 valence electrons. The first kappa shape index (κ1) is 13.1. The monoisotopic (exact) mass is 315 g/mol. The van der Waals surface area contributed by atoms with E-state index >= 15 is 0 Å². The second-order valence-corrected chi connectivity index (χ2v) is 4.73. The van der Waals surface area contributed by atoms with Crippen molar-refractivity contribution in [3.05, 3.63) is 69.4 Å². The molecule has 1 atom stereocenters. The van der Waals surface area contributed by atoms with E-state index in [-0.39, 0.29) is 5.56 Å². The summed E-state index contributed by atoms with van der Waals surface area (Å²) in [5, 5.41) is 0. The van der Waals surface area contributed by atoms with Gasteiger partial charge in [0, 0.05) is 16.1 Å². The Morgan fingerprint density at radius 2 is 1.44 bits per heavy atom. The molecule has 0 amide bonds. The normalized spacial score (nSPS) is 12.5. The lowest BCUT2D eigenvalue weighted by Gasteiger charge is -2.14. The standard InChI is InChI=1S/C13H9BrF3N/c14-8-3-1-7(2-4-8)13(18)9-5-11(16)12(17)6-10(9)15/h1-6,13H,18H2. The van der Waals surface area contributed by atoms with Gasteiger partial charge in [0.2, 0.25) is 0 Å². The zero-order chi connectivity index (χ0) is 13.3. The van der Waals surface area contributed by atoms with Gasteiger partial charge < -0.3 is 5.73 Å². The molecule has 0 aliphatic carbocycles. The van der Waals surface area contributed by atoms with E-state index in [4.69, 9.17) is 5.73 Å². The van der Waals surface area contributed by atoms with Crippen LogP contribution in [0.5, 0.6) is 0 Å². The van der Waals surface area contributed by atoms with Crippen LogP contribution >= 0.6 is 15.9 Å². The second-order valence-electron chi connectivity index (χ2n) is 3.82. The Bertz CT molecular complexity index is 569. The summed E-state index contributed by atoms with van der Waals surface area (Å²) in [7, 11) is 0. The van der Waals surface area contributed by atoms with Crippen molar-refractivity contribution in [1.29, 1.82) is 0 Å². The van der Waals surface area contributed by atoms with Gasteiger partial charge in [-0.3, -0.25) is 0 Å². The third-order valence-corrected chi connectivity index (χ3v) is 3.13. The topological polar surface area (TPSA) is 26.0 Å². The molecule has 5 heteroatoms. The minimum absolute atomic E-state index is 0.0729. The number of nitrogens with two attached hydrogens (primary N) is 1. The lowest BCUT2D eigenvalue weighted by atomic mass is 9.99.